The number of piperidine rings is 1. The van der Waals surface area contributed by atoms with E-state index in [2.05, 4.69) is 35.1 Å². The highest BCUT2D eigenvalue weighted by atomic mass is 15.1. The van der Waals surface area contributed by atoms with Crippen LogP contribution in [0, 0.1) is 6.92 Å². The summed E-state index contributed by atoms with van der Waals surface area (Å²) in [6.07, 6.45) is 7.67. The van der Waals surface area contributed by atoms with Gasteiger partial charge in [0.1, 0.15) is 0 Å². The predicted octanol–water partition coefficient (Wildman–Crippen LogP) is 2.35. The lowest BCUT2D eigenvalue weighted by Gasteiger charge is -2.32. The Balaban J connectivity index is 1.78. The molecule has 0 aliphatic carbocycles. The van der Waals surface area contributed by atoms with E-state index in [-0.39, 0.29) is 0 Å². The summed E-state index contributed by atoms with van der Waals surface area (Å²) in [4.78, 5) is 6.78. The molecule has 1 saturated heterocycles. The van der Waals surface area contributed by atoms with Gasteiger partial charge in [-0.15, -0.1) is 0 Å². The fourth-order valence-electron chi connectivity index (χ4n) is 2.55. The van der Waals surface area contributed by atoms with E-state index in [9.17, 15) is 0 Å². The molecule has 0 atom stereocenters. The van der Waals surface area contributed by atoms with Crippen molar-refractivity contribution in [3.05, 3.63) is 29.6 Å². The van der Waals surface area contributed by atoms with Gasteiger partial charge in [-0.2, -0.15) is 0 Å². The molecule has 3 nitrogen and oxygen atoms in total. The van der Waals surface area contributed by atoms with E-state index in [0.717, 1.165) is 19.1 Å². The largest absolute Gasteiger partial charge is 0.314 e. The summed E-state index contributed by atoms with van der Waals surface area (Å²) in [7, 11) is 0. The molecule has 100 valence electrons. The zero-order valence-corrected chi connectivity index (χ0v) is 11.7. The molecule has 0 unspecified atom stereocenters. The maximum absolute atomic E-state index is 4.23. The maximum atomic E-state index is 4.23. The number of hydrogen-bond donors (Lipinski definition) is 1. The lowest BCUT2D eigenvalue weighted by atomic mass is 10.0. The Kier molecular flexibility index (Phi) is 5.14. The summed E-state index contributed by atoms with van der Waals surface area (Å²) in [5.74, 6) is 0. The number of likely N-dealkylation sites (tertiary alicyclic amines) is 1. The third kappa shape index (κ3) is 3.79. The van der Waals surface area contributed by atoms with E-state index in [4.69, 9.17) is 0 Å². The van der Waals surface area contributed by atoms with Gasteiger partial charge >= 0.3 is 0 Å². The third-order valence-corrected chi connectivity index (χ3v) is 3.81. The third-order valence-electron chi connectivity index (χ3n) is 3.81. The highest BCUT2D eigenvalue weighted by molar-refractivity contribution is 5.21. The second-order valence-electron chi connectivity index (χ2n) is 5.31. The maximum Gasteiger partial charge on any atom is 0.0315 e. The Morgan fingerprint density at radius 1 is 1.39 bits per heavy atom. The first-order valence-corrected chi connectivity index (χ1v) is 7.15. The minimum absolute atomic E-state index is 0.733. The van der Waals surface area contributed by atoms with Gasteiger partial charge in [0.15, 0.2) is 0 Å². The van der Waals surface area contributed by atoms with Crippen molar-refractivity contribution in [2.45, 2.75) is 45.7 Å². The van der Waals surface area contributed by atoms with Crippen LogP contribution in [0.15, 0.2) is 18.5 Å². The molecule has 0 spiro atoms. The first-order valence-electron chi connectivity index (χ1n) is 7.15. The second kappa shape index (κ2) is 6.86. The summed E-state index contributed by atoms with van der Waals surface area (Å²) in [5.41, 5.74) is 2.73. The summed E-state index contributed by atoms with van der Waals surface area (Å²) in [5, 5.41) is 3.63. The topological polar surface area (TPSA) is 28.2 Å². The van der Waals surface area contributed by atoms with Crippen LogP contribution in [0.5, 0.6) is 0 Å². The molecular weight excluding hydrogens is 222 g/mol. The van der Waals surface area contributed by atoms with Crippen LogP contribution in [-0.2, 0) is 6.54 Å². The van der Waals surface area contributed by atoms with E-state index in [1.165, 1.54) is 43.5 Å². The number of aryl methyl sites for hydroxylation is 1. The van der Waals surface area contributed by atoms with Crippen molar-refractivity contribution < 1.29 is 0 Å². The summed E-state index contributed by atoms with van der Waals surface area (Å²) in [6, 6.07) is 2.83. The fraction of sp³-hybridized carbons (Fsp3) is 0.667. The molecule has 0 saturated carbocycles. The monoisotopic (exact) mass is 247 g/mol. The van der Waals surface area contributed by atoms with Crippen LogP contribution >= 0.6 is 0 Å². The molecule has 1 aromatic rings. The molecule has 1 fully saturated rings. The Morgan fingerprint density at radius 3 is 2.83 bits per heavy atom. The minimum Gasteiger partial charge on any atom is -0.314 e. The minimum atomic E-state index is 0.733. The summed E-state index contributed by atoms with van der Waals surface area (Å²) >= 11 is 0. The Morgan fingerprint density at radius 2 is 2.17 bits per heavy atom. The van der Waals surface area contributed by atoms with E-state index in [0.29, 0.717) is 0 Å². The molecule has 0 aromatic carbocycles. The van der Waals surface area contributed by atoms with Gasteiger partial charge < -0.3 is 5.32 Å². The lowest BCUT2D eigenvalue weighted by molar-refractivity contribution is 0.190. The first-order chi connectivity index (χ1) is 8.79. The zero-order chi connectivity index (χ0) is 12.8. The van der Waals surface area contributed by atoms with Crippen LogP contribution in [0.3, 0.4) is 0 Å². The lowest BCUT2D eigenvalue weighted by Crippen LogP contribution is -2.42. The normalized spacial score (nSPS) is 18.1. The molecule has 0 bridgehead atoms. The van der Waals surface area contributed by atoms with Crippen LogP contribution in [0.25, 0.3) is 0 Å². The van der Waals surface area contributed by atoms with Crippen LogP contribution in [0.1, 0.15) is 37.3 Å². The molecule has 2 heterocycles. The number of aromatic nitrogens is 1. The average molecular weight is 247 g/mol. The molecule has 0 radical (unpaired) electrons. The van der Waals surface area contributed by atoms with E-state index in [1.54, 1.807) is 0 Å². The van der Waals surface area contributed by atoms with Crippen molar-refractivity contribution in [2.24, 2.45) is 0 Å². The van der Waals surface area contributed by atoms with Crippen molar-refractivity contribution in [2.75, 3.05) is 19.6 Å². The number of pyridine rings is 1. The van der Waals surface area contributed by atoms with Gasteiger partial charge in [-0.05, 0) is 63.0 Å². The van der Waals surface area contributed by atoms with Crippen LogP contribution in [0.2, 0.25) is 0 Å². The van der Waals surface area contributed by atoms with Crippen molar-refractivity contribution in [3.8, 4) is 0 Å². The Labute approximate surface area is 111 Å². The van der Waals surface area contributed by atoms with Crippen molar-refractivity contribution in [1.82, 2.24) is 15.2 Å². The smallest absolute Gasteiger partial charge is 0.0315 e. The van der Waals surface area contributed by atoms with Gasteiger partial charge in [0.2, 0.25) is 0 Å². The van der Waals surface area contributed by atoms with Crippen LogP contribution in [-0.4, -0.2) is 35.6 Å². The van der Waals surface area contributed by atoms with Gasteiger partial charge in [0.25, 0.3) is 0 Å². The molecule has 2 rings (SSSR count). The summed E-state index contributed by atoms with van der Waals surface area (Å²) < 4.78 is 0. The second-order valence-corrected chi connectivity index (χ2v) is 5.31. The molecule has 1 aromatic heterocycles. The van der Waals surface area contributed by atoms with Crippen LogP contribution in [0.4, 0.5) is 0 Å². The van der Waals surface area contributed by atoms with Gasteiger partial charge in [0.05, 0.1) is 0 Å². The SMILES string of the molecule is CCCNC1CCN(Cc2cnccc2C)CC1. The zero-order valence-electron chi connectivity index (χ0n) is 11.7. The molecule has 1 aliphatic rings. The van der Waals surface area contributed by atoms with E-state index < -0.39 is 0 Å². The van der Waals surface area contributed by atoms with Gasteiger partial charge in [-0.25, -0.2) is 0 Å². The first kappa shape index (κ1) is 13.5. The van der Waals surface area contributed by atoms with Gasteiger partial charge in [-0.1, -0.05) is 6.92 Å². The standard InChI is InChI=1S/C15H25N3/c1-3-7-17-15-5-9-18(10-6-15)12-14-11-16-8-4-13(14)2/h4,8,11,15,17H,3,5-7,9-10,12H2,1-2H3. The van der Waals surface area contributed by atoms with E-state index >= 15 is 0 Å². The number of rotatable bonds is 5. The number of nitrogens with zero attached hydrogens (tertiary/aromatic N) is 2. The molecular formula is C15H25N3. The fourth-order valence-corrected chi connectivity index (χ4v) is 2.55. The van der Waals surface area contributed by atoms with Gasteiger partial charge in [0, 0.05) is 25.0 Å². The van der Waals surface area contributed by atoms with Crippen molar-refractivity contribution >= 4 is 0 Å². The van der Waals surface area contributed by atoms with Crippen LogP contribution < -0.4 is 5.32 Å². The van der Waals surface area contributed by atoms with Gasteiger partial charge in [-0.3, -0.25) is 9.88 Å². The van der Waals surface area contributed by atoms with Crippen molar-refractivity contribution in [3.63, 3.8) is 0 Å². The summed E-state index contributed by atoms with van der Waals surface area (Å²) in [6.45, 7) is 9.03. The molecule has 1 aliphatic heterocycles. The number of nitrogens with one attached hydrogen (secondary N) is 1. The highest BCUT2D eigenvalue weighted by Crippen LogP contribution is 2.15. The average Bonchev–Trinajstić information content (AvgIpc) is 2.41. The molecule has 18 heavy (non-hydrogen) atoms. The quantitative estimate of drug-likeness (QED) is 0.865. The van der Waals surface area contributed by atoms with Crippen molar-refractivity contribution in [1.29, 1.82) is 0 Å². The molecule has 3 heteroatoms. The highest BCUT2D eigenvalue weighted by Gasteiger charge is 2.18. The number of hydrogen-bond acceptors (Lipinski definition) is 3. The molecule has 0 amide bonds. The van der Waals surface area contributed by atoms with E-state index in [1.807, 2.05) is 12.4 Å². The Bertz CT molecular complexity index is 357. The molecule has 1 N–H and O–H groups in total. The Hall–Kier alpha value is -0.930. The predicted molar refractivity (Wildman–Crippen MR) is 75.6 cm³/mol.